The van der Waals surface area contributed by atoms with E-state index in [2.05, 4.69) is 9.80 Å². The average molecular weight is 1030 g/mol. The Kier molecular flexibility index (Phi) is 15.3. The molecular weight excluding hydrogens is 970 g/mol. The summed E-state index contributed by atoms with van der Waals surface area (Å²) in [4.78, 5) is 59.8. The van der Waals surface area contributed by atoms with Crippen LogP contribution >= 0.6 is 0 Å². The van der Waals surface area contributed by atoms with Crippen LogP contribution in [0.3, 0.4) is 0 Å². The molecule has 6 aromatic rings. The number of hydrogen-bond donors (Lipinski definition) is 0. The van der Waals surface area contributed by atoms with E-state index in [1.54, 1.807) is 16.7 Å². The number of carbonyl (C=O) groups excluding carboxylic acids is 2. The molecule has 2 saturated heterocycles. The van der Waals surface area contributed by atoms with Crippen LogP contribution in [0.5, 0.6) is 0 Å². The predicted molar refractivity (Wildman–Crippen MR) is 269 cm³/mol. The van der Waals surface area contributed by atoms with Gasteiger partial charge >= 0.3 is 23.7 Å². The zero-order chi connectivity index (χ0) is 52.6. The summed E-state index contributed by atoms with van der Waals surface area (Å²) in [5, 5.41) is 0. The van der Waals surface area contributed by atoms with Crippen LogP contribution in [0.1, 0.15) is 112 Å². The zero-order valence-electron chi connectivity index (χ0n) is 42.1. The number of aryl methyl sites for hydroxylation is 3. The van der Waals surface area contributed by atoms with Gasteiger partial charge in [-0.3, -0.25) is 27.9 Å². The van der Waals surface area contributed by atoms with Gasteiger partial charge < -0.3 is 19.6 Å². The second-order valence-electron chi connectivity index (χ2n) is 20.7. The van der Waals surface area contributed by atoms with E-state index in [0.29, 0.717) is 53.6 Å². The summed E-state index contributed by atoms with van der Waals surface area (Å²) in [6.45, 7) is 10.6. The first-order valence-electron chi connectivity index (χ1n) is 25.7. The Morgan fingerprint density at radius 2 is 0.851 bits per heavy atom. The second-order valence-corrected chi connectivity index (χ2v) is 20.7. The molecule has 0 atom stereocenters. The van der Waals surface area contributed by atoms with Gasteiger partial charge in [0.15, 0.2) is 0 Å². The molecule has 74 heavy (non-hydrogen) atoms. The number of halogens is 7. The van der Waals surface area contributed by atoms with Gasteiger partial charge in [0.2, 0.25) is 0 Å². The molecule has 19 heteroatoms. The molecule has 0 unspecified atom stereocenters. The van der Waals surface area contributed by atoms with E-state index in [1.807, 2.05) is 73.0 Å². The number of carbonyl (C=O) groups is 2. The number of hydrogen-bond acceptors (Lipinski definition) is 6. The van der Waals surface area contributed by atoms with Crippen molar-refractivity contribution >= 4 is 33.9 Å². The van der Waals surface area contributed by atoms with Crippen molar-refractivity contribution in [1.29, 1.82) is 0 Å². The van der Waals surface area contributed by atoms with Crippen LogP contribution in [0, 0.1) is 26.6 Å². The molecule has 0 bridgehead atoms. The van der Waals surface area contributed by atoms with Crippen LogP contribution in [0.4, 0.5) is 30.7 Å². The molecule has 2 aromatic heterocycles. The molecular formula is C55H63F7N8O4. The fourth-order valence-corrected chi connectivity index (χ4v) is 11.4. The highest BCUT2D eigenvalue weighted by Gasteiger charge is 2.35. The minimum atomic E-state index is -4.58. The van der Waals surface area contributed by atoms with Crippen LogP contribution in [-0.2, 0) is 26.2 Å². The maximum Gasteiger partial charge on any atom is 0.406 e. The predicted octanol–water partition coefficient (Wildman–Crippen LogP) is 9.94. The largest absolute Gasteiger partial charge is 0.406 e. The molecule has 0 saturated carbocycles. The van der Waals surface area contributed by atoms with Gasteiger partial charge in [0.25, 0.3) is 11.8 Å². The van der Waals surface area contributed by atoms with E-state index >= 15 is 0 Å². The van der Waals surface area contributed by atoms with Crippen molar-refractivity contribution in [2.24, 2.45) is 0 Å². The number of nitrogens with zero attached hydrogens (tertiary/aromatic N) is 8. The van der Waals surface area contributed by atoms with Gasteiger partial charge in [-0.15, -0.1) is 0 Å². The Balaban J connectivity index is 0.000000182. The monoisotopic (exact) mass is 1030 g/mol. The van der Waals surface area contributed by atoms with Crippen molar-refractivity contribution in [3.8, 4) is 0 Å². The van der Waals surface area contributed by atoms with Gasteiger partial charge in [-0.25, -0.2) is 14.0 Å². The molecule has 396 valence electrons. The quantitative estimate of drug-likeness (QED) is 0.0796. The zero-order valence-corrected chi connectivity index (χ0v) is 42.1. The Labute approximate surface area is 424 Å². The summed E-state index contributed by atoms with van der Waals surface area (Å²) in [5.41, 5.74) is 6.70. The molecule has 0 N–H and O–H groups in total. The number of imidazole rings is 2. The molecule has 12 nitrogen and oxygen atoms in total. The lowest BCUT2D eigenvalue weighted by Crippen LogP contribution is -2.39. The van der Waals surface area contributed by atoms with Crippen molar-refractivity contribution in [2.45, 2.75) is 123 Å². The van der Waals surface area contributed by atoms with Gasteiger partial charge in [0, 0.05) is 75.6 Å². The van der Waals surface area contributed by atoms with Crippen LogP contribution in [-0.4, -0.2) is 114 Å². The summed E-state index contributed by atoms with van der Waals surface area (Å²) in [7, 11) is 0. The summed E-state index contributed by atoms with van der Waals surface area (Å²) >= 11 is 0. The number of piperidine rings is 2. The normalized spacial score (nSPS) is 17.2. The Morgan fingerprint density at radius 3 is 1.28 bits per heavy atom. The van der Waals surface area contributed by atoms with Crippen LogP contribution < -0.4 is 11.4 Å². The first-order chi connectivity index (χ1) is 35.2. The number of alkyl halides is 6. The standard InChI is InChI=1S/C28H33F3N4O2.C27H30F4N4O2/c1-19-5-7-21-17-33(26(36)23(21)15-19)12-4-3-11-32-13-9-22(10-14-32)35-24-8-6-20(2)16-25(24)34(27(35)37)18-28(29,30)31;1-18-4-5-19-16-33(25(36)22(19)14-18)11-3-2-10-32-12-8-21(9-13-32)35-23-7-6-20(28)15-24(23)34(26(35)37)17-27(29,30)31/h5-8,15-16,22H,3-4,9-14,17-18H2,1-2H3;4-7,14-15,21H,2-3,8-13,16-17H2,1H3. The molecule has 0 spiro atoms. The first kappa shape index (κ1) is 52.6. The van der Waals surface area contributed by atoms with Crippen LogP contribution in [0.2, 0.25) is 0 Å². The number of amides is 2. The van der Waals surface area contributed by atoms with Crippen molar-refractivity contribution in [3.63, 3.8) is 0 Å². The van der Waals surface area contributed by atoms with Crippen molar-refractivity contribution < 1.29 is 40.3 Å². The third-order valence-corrected chi connectivity index (χ3v) is 15.2. The fraction of sp³-hybridized carbons (Fsp3) is 0.491. The minimum absolute atomic E-state index is 0.0291. The molecule has 6 heterocycles. The molecule has 2 amide bonds. The van der Waals surface area contributed by atoms with Gasteiger partial charge in [0.05, 0.1) is 22.1 Å². The maximum atomic E-state index is 13.8. The molecule has 10 rings (SSSR count). The average Bonchev–Trinajstić information content (AvgIpc) is 4.01. The van der Waals surface area contributed by atoms with Gasteiger partial charge in [-0.1, -0.05) is 41.5 Å². The van der Waals surface area contributed by atoms with Gasteiger partial charge in [-0.2, -0.15) is 26.3 Å². The maximum absolute atomic E-state index is 13.8. The Hall–Kier alpha value is -6.21. The molecule has 0 aliphatic carbocycles. The summed E-state index contributed by atoms with van der Waals surface area (Å²) < 4.78 is 97.3. The van der Waals surface area contributed by atoms with E-state index in [1.165, 1.54) is 16.7 Å². The molecule has 2 fully saturated rings. The Bertz CT molecular complexity index is 2950. The van der Waals surface area contributed by atoms with Crippen LogP contribution in [0.15, 0.2) is 82.4 Å². The molecule has 4 aliphatic heterocycles. The fourth-order valence-electron chi connectivity index (χ4n) is 11.4. The lowest BCUT2D eigenvalue weighted by Gasteiger charge is -2.32. The Morgan fingerprint density at radius 1 is 0.473 bits per heavy atom. The number of fused-ring (bicyclic) bond motifs is 4. The van der Waals surface area contributed by atoms with Gasteiger partial charge in [-0.05, 0) is 144 Å². The first-order valence-corrected chi connectivity index (χ1v) is 25.7. The summed E-state index contributed by atoms with van der Waals surface area (Å²) in [6, 6.07) is 20.5. The van der Waals surface area contributed by atoms with Gasteiger partial charge in [0.1, 0.15) is 18.9 Å². The van der Waals surface area contributed by atoms with Crippen molar-refractivity contribution in [2.75, 3.05) is 52.4 Å². The third kappa shape index (κ3) is 11.7. The number of benzene rings is 4. The number of likely N-dealkylation sites (tertiary alicyclic amines) is 2. The van der Waals surface area contributed by atoms with E-state index in [-0.39, 0.29) is 29.4 Å². The summed E-state index contributed by atoms with van der Waals surface area (Å²) in [5.74, 6) is -0.468. The van der Waals surface area contributed by atoms with Crippen molar-refractivity contribution in [3.05, 3.63) is 139 Å². The number of rotatable bonds is 14. The van der Waals surface area contributed by atoms with E-state index in [0.717, 1.165) is 134 Å². The van der Waals surface area contributed by atoms with Crippen LogP contribution in [0.25, 0.3) is 22.1 Å². The number of unbranched alkanes of at least 4 members (excludes halogenated alkanes) is 2. The summed E-state index contributed by atoms with van der Waals surface area (Å²) in [6.07, 6.45) is -2.66. The minimum Gasteiger partial charge on any atom is -0.334 e. The molecule has 0 radical (unpaired) electrons. The molecule has 4 aromatic carbocycles. The number of aromatic nitrogens is 4. The van der Waals surface area contributed by atoms with E-state index in [4.69, 9.17) is 0 Å². The molecule has 4 aliphatic rings. The SMILES string of the molecule is Cc1ccc2c(c1)C(=O)N(CCCCN1CCC(n3c(=O)n(CC(F)(F)F)c4cc(C)ccc43)CC1)C2.Cc1ccc2c(c1)C(=O)N(CCCCN1CCC(n3c(=O)n(CC(F)(F)F)c4cc(F)ccc43)CC1)C2. The highest BCUT2D eigenvalue weighted by atomic mass is 19.4. The lowest BCUT2D eigenvalue weighted by molar-refractivity contribution is -0.141. The topological polar surface area (TPSA) is 101 Å². The highest BCUT2D eigenvalue weighted by molar-refractivity contribution is 5.99. The van der Waals surface area contributed by atoms with Crippen molar-refractivity contribution in [1.82, 2.24) is 37.9 Å². The second kappa shape index (κ2) is 21.6. The van der Waals surface area contributed by atoms with E-state index < -0.39 is 42.6 Å². The van der Waals surface area contributed by atoms with E-state index in [9.17, 15) is 49.9 Å². The smallest absolute Gasteiger partial charge is 0.334 e. The third-order valence-electron chi connectivity index (χ3n) is 15.2. The lowest BCUT2D eigenvalue weighted by atomic mass is 10.0. The highest BCUT2D eigenvalue weighted by Crippen LogP contribution is 2.32.